The Labute approximate surface area is 158 Å². The van der Waals surface area contributed by atoms with E-state index in [1.54, 1.807) is 11.8 Å². The number of nitrogens with zero attached hydrogens (tertiary/aromatic N) is 2. The molecule has 2 amide bonds. The molecule has 0 aromatic heterocycles. The van der Waals surface area contributed by atoms with Gasteiger partial charge in [-0.2, -0.15) is 0 Å². The van der Waals surface area contributed by atoms with Crippen molar-refractivity contribution in [1.29, 1.82) is 0 Å². The summed E-state index contributed by atoms with van der Waals surface area (Å²) in [6.45, 7) is 6.25. The number of likely N-dealkylation sites (tertiary alicyclic amines) is 1. The maximum atomic E-state index is 12.4. The fourth-order valence-electron chi connectivity index (χ4n) is 3.56. The van der Waals surface area contributed by atoms with E-state index in [1.807, 2.05) is 47.9 Å². The van der Waals surface area contributed by atoms with Crippen LogP contribution in [0.2, 0.25) is 5.02 Å². The van der Waals surface area contributed by atoms with Gasteiger partial charge in [0.1, 0.15) is 5.37 Å². The van der Waals surface area contributed by atoms with Gasteiger partial charge in [0, 0.05) is 36.1 Å². The second kappa shape index (κ2) is 8.00. The molecule has 1 aromatic rings. The highest BCUT2D eigenvalue weighted by molar-refractivity contribution is 8.00. The molecule has 3 rings (SSSR count). The first kappa shape index (κ1) is 18.6. The largest absolute Gasteiger partial charge is 0.342 e. The monoisotopic (exact) mass is 380 g/mol. The zero-order valence-electron chi connectivity index (χ0n) is 14.8. The van der Waals surface area contributed by atoms with Gasteiger partial charge in [-0.25, -0.2) is 0 Å². The number of halogens is 1. The Bertz CT molecular complexity index is 644. The molecule has 0 radical (unpaired) electrons. The first-order chi connectivity index (χ1) is 12.0. The van der Waals surface area contributed by atoms with Gasteiger partial charge in [-0.1, -0.05) is 43.6 Å². The van der Waals surface area contributed by atoms with E-state index >= 15 is 0 Å². The first-order valence-electron chi connectivity index (χ1n) is 8.91. The quantitative estimate of drug-likeness (QED) is 0.797. The summed E-state index contributed by atoms with van der Waals surface area (Å²) < 4.78 is 0. The molecule has 0 spiro atoms. The molecule has 2 saturated heterocycles. The van der Waals surface area contributed by atoms with Crippen molar-refractivity contribution in [2.45, 2.75) is 32.1 Å². The third-order valence-corrected chi connectivity index (χ3v) is 6.60. The molecular weight excluding hydrogens is 356 g/mol. The fraction of sp³-hybridized carbons (Fsp3) is 0.579. The van der Waals surface area contributed by atoms with Crippen molar-refractivity contribution in [2.75, 3.05) is 25.4 Å². The average molecular weight is 381 g/mol. The van der Waals surface area contributed by atoms with Gasteiger partial charge in [0.15, 0.2) is 0 Å². The smallest absolute Gasteiger partial charge is 0.233 e. The second-order valence-corrected chi connectivity index (χ2v) is 8.63. The van der Waals surface area contributed by atoms with E-state index in [1.165, 1.54) is 0 Å². The van der Waals surface area contributed by atoms with E-state index in [0.29, 0.717) is 11.7 Å². The molecule has 0 bridgehead atoms. The van der Waals surface area contributed by atoms with Gasteiger partial charge in [0.05, 0.1) is 5.75 Å². The number of thioether (sulfide) groups is 1. The van der Waals surface area contributed by atoms with E-state index in [4.69, 9.17) is 11.6 Å². The van der Waals surface area contributed by atoms with Crippen LogP contribution in [-0.2, 0) is 9.59 Å². The van der Waals surface area contributed by atoms with Crippen LogP contribution in [0.5, 0.6) is 0 Å². The van der Waals surface area contributed by atoms with Crippen LogP contribution in [0.1, 0.15) is 37.6 Å². The van der Waals surface area contributed by atoms with Gasteiger partial charge >= 0.3 is 0 Å². The normalized spacial score (nSPS) is 22.1. The van der Waals surface area contributed by atoms with Gasteiger partial charge in [0.25, 0.3) is 0 Å². The van der Waals surface area contributed by atoms with E-state index in [-0.39, 0.29) is 23.1 Å². The Kier molecular flexibility index (Phi) is 5.95. The topological polar surface area (TPSA) is 40.6 Å². The third-order valence-electron chi connectivity index (χ3n) is 5.01. The molecule has 0 unspecified atom stereocenters. The highest BCUT2D eigenvalue weighted by Gasteiger charge is 2.36. The molecule has 6 heteroatoms. The van der Waals surface area contributed by atoms with Crippen LogP contribution in [0.4, 0.5) is 0 Å². The molecule has 0 aliphatic carbocycles. The van der Waals surface area contributed by atoms with E-state index in [0.717, 1.165) is 43.1 Å². The third kappa shape index (κ3) is 4.14. The van der Waals surface area contributed by atoms with Gasteiger partial charge < -0.3 is 9.80 Å². The lowest BCUT2D eigenvalue weighted by atomic mass is 9.95. The molecule has 1 aromatic carbocycles. The fourth-order valence-corrected chi connectivity index (χ4v) is 5.10. The van der Waals surface area contributed by atoms with Crippen LogP contribution in [0.25, 0.3) is 0 Å². The van der Waals surface area contributed by atoms with Crippen LogP contribution in [0.15, 0.2) is 24.3 Å². The molecule has 2 heterocycles. The van der Waals surface area contributed by atoms with Crippen LogP contribution < -0.4 is 0 Å². The number of benzene rings is 1. The van der Waals surface area contributed by atoms with Crippen molar-refractivity contribution in [3.05, 3.63) is 34.9 Å². The lowest BCUT2D eigenvalue weighted by molar-refractivity contribution is -0.136. The lowest BCUT2D eigenvalue weighted by Crippen LogP contribution is -2.43. The molecule has 1 atom stereocenters. The van der Waals surface area contributed by atoms with E-state index in [9.17, 15) is 9.59 Å². The summed E-state index contributed by atoms with van der Waals surface area (Å²) in [5.74, 6) is 1.44. The SMILES string of the molecule is CC(C)C(=O)N1CCC(CN2C(=O)CS[C@H]2c2ccccc2Cl)CC1. The lowest BCUT2D eigenvalue weighted by Gasteiger charge is -2.36. The van der Waals surface area contributed by atoms with Crippen molar-refractivity contribution in [3.63, 3.8) is 0 Å². The number of carbonyl (C=O) groups excluding carboxylic acids is 2. The van der Waals surface area contributed by atoms with E-state index in [2.05, 4.69) is 0 Å². The van der Waals surface area contributed by atoms with Crippen LogP contribution >= 0.6 is 23.4 Å². The standard InChI is InChI=1S/C19H25ClN2O2S/c1-13(2)18(24)21-9-7-14(8-10-21)11-22-17(23)12-25-19(22)15-5-3-4-6-16(15)20/h3-6,13-14,19H,7-12H2,1-2H3/t19-/m0/s1. The van der Waals surface area contributed by atoms with Crippen LogP contribution in [-0.4, -0.2) is 47.0 Å². The minimum Gasteiger partial charge on any atom is -0.342 e. The van der Waals surface area contributed by atoms with Crippen molar-refractivity contribution < 1.29 is 9.59 Å². The Morgan fingerprint density at radius 3 is 2.60 bits per heavy atom. The minimum atomic E-state index is 0.0107. The first-order valence-corrected chi connectivity index (χ1v) is 10.3. The zero-order chi connectivity index (χ0) is 18.0. The molecule has 0 saturated carbocycles. The number of rotatable bonds is 4. The Morgan fingerprint density at radius 2 is 1.96 bits per heavy atom. The van der Waals surface area contributed by atoms with Gasteiger partial charge in [-0.15, -0.1) is 11.8 Å². The summed E-state index contributed by atoms with van der Waals surface area (Å²) in [5, 5.41) is 0.730. The summed E-state index contributed by atoms with van der Waals surface area (Å²) in [4.78, 5) is 28.5. The van der Waals surface area contributed by atoms with Crippen molar-refractivity contribution in [3.8, 4) is 0 Å². The average Bonchev–Trinajstić information content (AvgIpc) is 2.96. The second-order valence-electron chi connectivity index (χ2n) is 7.15. The number of hydrogen-bond acceptors (Lipinski definition) is 3. The Hall–Kier alpha value is -1.20. The maximum absolute atomic E-state index is 12.4. The summed E-state index contributed by atoms with van der Waals surface area (Å²) >= 11 is 8.00. The molecule has 2 fully saturated rings. The predicted molar refractivity (Wildman–Crippen MR) is 103 cm³/mol. The Morgan fingerprint density at radius 1 is 1.28 bits per heavy atom. The number of amides is 2. The molecule has 2 aliphatic rings. The Balaban J connectivity index is 1.63. The zero-order valence-corrected chi connectivity index (χ0v) is 16.4. The summed E-state index contributed by atoms with van der Waals surface area (Å²) in [6.07, 6.45) is 1.92. The van der Waals surface area contributed by atoms with Crippen molar-refractivity contribution in [2.24, 2.45) is 11.8 Å². The van der Waals surface area contributed by atoms with Crippen molar-refractivity contribution in [1.82, 2.24) is 9.80 Å². The molecule has 25 heavy (non-hydrogen) atoms. The van der Waals surface area contributed by atoms with Gasteiger partial charge in [-0.3, -0.25) is 9.59 Å². The van der Waals surface area contributed by atoms with Crippen molar-refractivity contribution >= 4 is 35.2 Å². The highest BCUT2D eigenvalue weighted by atomic mass is 35.5. The molecule has 136 valence electrons. The molecule has 0 N–H and O–H groups in total. The molecule has 4 nitrogen and oxygen atoms in total. The minimum absolute atomic E-state index is 0.0107. The number of carbonyl (C=O) groups is 2. The number of hydrogen-bond donors (Lipinski definition) is 0. The van der Waals surface area contributed by atoms with Crippen LogP contribution in [0.3, 0.4) is 0 Å². The summed E-state index contributed by atoms with van der Waals surface area (Å²) in [6, 6.07) is 7.78. The maximum Gasteiger partial charge on any atom is 0.233 e. The number of piperidine rings is 1. The summed E-state index contributed by atoms with van der Waals surface area (Å²) in [5.41, 5.74) is 1.02. The highest BCUT2D eigenvalue weighted by Crippen LogP contribution is 2.42. The predicted octanol–water partition coefficient (Wildman–Crippen LogP) is 3.81. The van der Waals surface area contributed by atoms with Crippen LogP contribution in [0, 0.1) is 11.8 Å². The molecule has 2 aliphatic heterocycles. The van der Waals surface area contributed by atoms with Gasteiger partial charge in [0.2, 0.25) is 11.8 Å². The molecular formula is C19H25ClN2O2S. The van der Waals surface area contributed by atoms with E-state index < -0.39 is 0 Å². The van der Waals surface area contributed by atoms with Gasteiger partial charge in [-0.05, 0) is 24.8 Å². The summed E-state index contributed by atoms with van der Waals surface area (Å²) in [7, 11) is 0.